The number of hydrogen-bond donors (Lipinski definition) is 1. The van der Waals surface area contributed by atoms with Gasteiger partial charge in [0.05, 0.1) is 11.3 Å². The molecule has 1 N–H and O–H groups in total. The van der Waals surface area contributed by atoms with Gasteiger partial charge in [0.25, 0.3) is 0 Å². The Morgan fingerprint density at radius 1 is 1.40 bits per heavy atom. The third kappa shape index (κ3) is 2.99. The first-order chi connectivity index (χ1) is 9.26. The van der Waals surface area contributed by atoms with Crippen molar-refractivity contribution < 1.29 is 13.2 Å². The Labute approximate surface area is 121 Å². The topological polar surface area (TPSA) is 55.4 Å². The largest absolute Gasteiger partial charge is 0.486 e. The van der Waals surface area contributed by atoms with E-state index in [0.717, 1.165) is 11.3 Å². The van der Waals surface area contributed by atoms with Crippen molar-refractivity contribution in [3.05, 3.63) is 29.8 Å². The summed E-state index contributed by atoms with van der Waals surface area (Å²) >= 11 is 0. The second kappa shape index (κ2) is 5.37. The van der Waals surface area contributed by atoms with Crippen molar-refractivity contribution in [3.63, 3.8) is 0 Å². The lowest BCUT2D eigenvalue weighted by Gasteiger charge is -2.40. The first-order valence-electron chi connectivity index (χ1n) is 7.04. The molecule has 0 spiro atoms. The molecule has 4 nitrogen and oxygen atoms in total. The average molecular weight is 297 g/mol. The zero-order chi connectivity index (χ0) is 15.0. The van der Waals surface area contributed by atoms with Crippen LogP contribution in [0.3, 0.4) is 0 Å². The molecule has 112 valence electrons. The van der Waals surface area contributed by atoms with Crippen LogP contribution in [0.25, 0.3) is 0 Å². The van der Waals surface area contributed by atoms with Crippen LogP contribution in [0.5, 0.6) is 5.75 Å². The van der Waals surface area contributed by atoms with Crippen LogP contribution in [0.15, 0.2) is 24.3 Å². The molecule has 2 atom stereocenters. The van der Waals surface area contributed by atoms with Crippen molar-refractivity contribution in [3.8, 4) is 5.75 Å². The van der Waals surface area contributed by atoms with E-state index in [9.17, 15) is 8.42 Å². The van der Waals surface area contributed by atoms with Crippen LogP contribution in [-0.4, -0.2) is 25.3 Å². The predicted molar refractivity (Wildman–Crippen MR) is 80.4 cm³/mol. The van der Waals surface area contributed by atoms with Crippen molar-refractivity contribution in [2.24, 2.45) is 0 Å². The molecule has 0 amide bonds. The third-order valence-corrected chi connectivity index (χ3v) is 6.03. The van der Waals surface area contributed by atoms with Gasteiger partial charge in [0.2, 0.25) is 10.0 Å². The van der Waals surface area contributed by atoms with Gasteiger partial charge < -0.3 is 4.74 Å². The Kier molecular flexibility index (Phi) is 4.12. The van der Waals surface area contributed by atoms with E-state index in [0.29, 0.717) is 12.8 Å². The fraction of sp³-hybridized carbons (Fsp3) is 0.600. The number of benzene rings is 1. The Hall–Kier alpha value is -1.07. The van der Waals surface area contributed by atoms with Gasteiger partial charge in [0, 0.05) is 0 Å². The summed E-state index contributed by atoms with van der Waals surface area (Å²) in [5, 5.41) is -0.393. The molecule has 0 saturated carbocycles. The second-order valence-electron chi connectivity index (χ2n) is 5.95. The van der Waals surface area contributed by atoms with Crippen LogP contribution in [0.4, 0.5) is 0 Å². The van der Waals surface area contributed by atoms with Gasteiger partial charge in [-0.2, -0.15) is 0 Å². The van der Waals surface area contributed by atoms with Gasteiger partial charge in [-0.3, -0.25) is 0 Å². The molecule has 2 unspecified atom stereocenters. The van der Waals surface area contributed by atoms with Gasteiger partial charge in [-0.05, 0) is 45.2 Å². The maximum atomic E-state index is 12.3. The maximum absolute atomic E-state index is 12.3. The summed E-state index contributed by atoms with van der Waals surface area (Å²) in [6.45, 7) is 7.45. The minimum Gasteiger partial charge on any atom is -0.486 e. The third-order valence-electron chi connectivity index (χ3n) is 4.02. The van der Waals surface area contributed by atoms with Crippen LogP contribution < -0.4 is 9.46 Å². The fourth-order valence-electron chi connectivity index (χ4n) is 2.31. The summed E-state index contributed by atoms with van der Waals surface area (Å²) in [7, 11) is -3.31. The van der Waals surface area contributed by atoms with E-state index in [1.807, 2.05) is 45.0 Å². The predicted octanol–water partition coefficient (Wildman–Crippen LogP) is 2.49. The molecule has 1 aliphatic rings. The molecular weight excluding hydrogens is 274 g/mol. The smallest absolute Gasteiger partial charge is 0.214 e. The molecule has 0 saturated heterocycles. The fourth-order valence-corrected chi connectivity index (χ4v) is 3.74. The molecule has 0 bridgehead atoms. The lowest BCUT2D eigenvalue weighted by molar-refractivity contribution is 0.0574. The van der Waals surface area contributed by atoms with Gasteiger partial charge in [-0.1, -0.05) is 25.1 Å². The number of nitrogens with one attached hydrogen (secondary N) is 1. The van der Waals surface area contributed by atoms with Crippen LogP contribution in [0.2, 0.25) is 0 Å². The van der Waals surface area contributed by atoms with Gasteiger partial charge in [0.15, 0.2) is 0 Å². The lowest BCUT2D eigenvalue weighted by atomic mass is 9.89. The number of ether oxygens (including phenoxy) is 1. The quantitative estimate of drug-likeness (QED) is 0.929. The molecule has 1 aromatic rings. The molecule has 0 aliphatic carbocycles. The number of rotatable bonds is 4. The highest BCUT2D eigenvalue weighted by atomic mass is 32.2. The molecule has 1 aliphatic heterocycles. The maximum Gasteiger partial charge on any atom is 0.214 e. The van der Waals surface area contributed by atoms with Crippen LogP contribution in [0, 0.1) is 0 Å². The molecule has 2 rings (SSSR count). The molecular formula is C15H23NO3S. The number of fused-ring (bicyclic) bond motifs is 1. The van der Waals surface area contributed by atoms with Crippen molar-refractivity contribution in [2.45, 2.75) is 57.4 Å². The first kappa shape index (κ1) is 15.3. The highest BCUT2D eigenvalue weighted by Gasteiger charge is 2.39. The van der Waals surface area contributed by atoms with Gasteiger partial charge >= 0.3 is 0 Å². The average Bonchev–Trinajstić information content (AvgIpc) is 2.37. The minimum absolute atomic E-state index is 0.253. The lowest BCUT2D eigenvalue weighted by Crippen LogP contribution is -2.56. The zero-order valence-corrected chi connectivity index (χ0v) is 13.3. The summed E-state index contributed by atoms with van der Waals surface area (Å²) < 4.78 is 33.3. The normalized spacial score (nSPS) is 22.7. The zero-order valence-electron chi connectivity index (χ0n) is 12.5. The molecule has 0 aromatic heterocycles. The van der Waals surface area contributed by atoms with Crippen molar-refractivity contribution in [2.75, 3.05) is 0 Å². The molecule has 0 fully saturated rings. The Balaban J connectivity index is 2.25. The first-order valence-corrected chi connectivity index (χ1v) is 8.59. The van der Waals surface area contributed by atoms with E-state index in [1.54, 1.807) is 6.92 Å². The van der Waals surface area contributed by atoms with E-state index >= 15 is 0 Å². The van der Waals surface area contributed by atoms with E-state index in [1.165, 1.54) is 0 Å². The Bertz CT molecular complexity index is 581. The van der Waals surface area contributed by atoms with E-state index < -0.39 is 20.9 Å². The van der Waals surface area contributed by atoms with Crippen molar-refractivity contribution in [1.29, 1.82) is 0 Å². The molecule has 1 heterocycles. The molecule has 5 heteroatoms. The van der Waals surface area contributed by atoms with E-state index in [2.05, 4.69) is 4.72 Å². The summed E-state index contributed by atoms with van der Waals surface area (Å²) in [6.07, 6.45) is 1.25. The SMILES string of the molecule is CCC(C)S(=O)(=O)NC1Cc2ccccc2OC1(C)C. The van der Waals surface area contributed by atoms with E-state index in [-0.39, 0.29) is 6.04 Å². The highest BCUT2D eigenvalue weighted by molar-refractivity contribution is 7.90. The number of sulfonamides is 1. The van der Waals surface area contributed by atoms with Crippen molar-refractivity contribution >= 4 is 10.0 Å². The van der Waals surface area contributed by atoms with Gasteiger partial charge in [-0.25, -0.2) is 13.1 Å². The minimum atomic E-state index is -3.31. The Morgan fingerprint density at radius 2 is 2.05 bits per heavy atom. The molecule has 0 radical (unpaired) electrons. The number of hydrogen-bond acceptors (Lipinski definition) is 3. The summed E-state index contributed by atoms with van der Waals surface area (Å²) in [5.41, 5.74) is 0.484. The highest BCUT2D eigenvalue weighted by Crippen LogP contribution is 2.33. The summed E-state index contributed by atoms with van der Waals surface area (Å²) in [4.78, 5) is 0. The van der Waals surface area contributed by atoms with Crippen LogP contribution in [-0.2, 0) is 16.4 Å². The van der Waals surface area contributed by atoms with Crippen LogP contribution in [0.1, 0.15) is 39.7 Å². The van der Waals surface area contributed by atoms with Crippen molar-refractivity contribution in [1.82, 2.24) is 4.72 Å². The second-order valence-corrected chi connectivity index (χ2v) is 8.08. The molecule has 1 aromatic carbocycles. The Morgan fingerprint density at radius 3 is 2.70 bits per heavy atom. The van der Waals surface area contributed by atoms with Crippen LogP contribution >= 0.6 is 0 Å². The van der Waals surface area contributed by atoms with Gasteiger partial charge in [-0.15, -0.1) is 0 Å². The standard InChI is InChI=1S/C15H23NO3S/c1-5-11(2)20(17,18)16-14-10-12-8-6-7-9-13(12)19-15(14,3)4/h6-9,11,14,16H,5,10H2,1-4H3. The molecule has 20 heavy (non-hydrogen) atoms. The number of para-hydroxylation sites is 1. The monoisotopic (exact) mass is 297 g/mol. The summed E-state index contributed by atoms with van der Waals surface area (Å²) in [5.74, 6) is 0.844. The van der Waals surface area contributed by atoms with Gasteiger partial charge in [0.1, 0.15) is 11.4 Å². The summed E-state index contributed by atoms with van der Waals surface area (Å²) in [6, 6.07) is 7.53. The van der Waals surface area contributed by atoms with E-state index in [4.69, 9.17) is 4.74 Å².